The lowest BCUT2D eigenvalue weighted by atomic mass is 10.2. The number of benzene rings is 1. The molecule has 2 amide bonds. The number of aromatic nitrogens is 2. The first-order valence-corrected chi connectivity index (χ1v) is 11.8. The molecule has 11 nitrogen and oxygen atoms in total. The molecule has 1 aromatic carbocycles. The van der Waals surface area contributed by atoms with Crippen LogP contribution in [0, 0.1) is 0 Å². The fourth-order valence-electron chi connectivity index (χ4n) is 2.94. The molecule has 2 rings (SSSR count). The zero-order valence-electron chi connectivity index (χ0n) is 21.3. The van der Waals surface area contributed by atoms with Crippen LogP contribution < -0.4 is 15.4 Å². The first-order valence-electron chi connectivity index (χ1n) is 11.8. The van der Waals surface area contributed by atoms with E-state index in [1.54, 1.807) is 39.8 Å². The molecule has 0 spiro atoms. The third kappa shape index (κ3) is 11.5. The van der Waals surface area contributed by atoms with Crippen LogP contribution in [0.4, 0.5) is 10.6 Å². The van der Waals surface area contributed by atoms with E-state index in [1.807, 2.05) is 30.3 Å². The second-order valence-electron chi connectivity index (χ2n) is 8.76. The standard InChI is InChI=1S/C25H35N5O6/c1-5-34-23(32)17-30(16-15-27-24(33)36-25(2,3)4)22(31)13-14-26-20-11-12-21(29-28-20)35-18-19-9-7-6-8-10-19/h6-12H,5,13-18H2,1-4H3,(H,26,28)(H,27,33). The number of hydrogen-bond donors (Lipinski definition) is 2. The minimum atomic E-state index is -0.634. The summed E-state index contributed by atoms with van der Waals surface area (Å²) in [5.41, 5.74) is 0.388. The van der Waals surface area contributed by atoms with Gasteiger partial charge in [-0.3, -0.25) is 9.59 Å². The molecule has 11 heteroatoms. The number of carbonyl (C=O) groups excluding carboxylic acids is 3. The fourth-order valence-corrected chi connectivity index (χ4v) is 2.94. The lowest BCUT2D eigenvalue weighted by Gasteiger charge is -2.23. The average Bonchev–Trinajstić information content (AvgIpc) is 2.82. The van der Waals surface area contributed by atoms with Crippen LogP contribution in [0.3, 0.4) is 0 Å². The number of hydrogen-bond acceptors (Lipinski definition) is 9. The van der Waals surface area contributed by atoms with Crippen LogP contribution >= 0.6 is 0 Å². The zero-order chi connectivity index (χ0) is 26.4. The Morgan fingerprint density at radius 2 is 1.75 bits per heavy atom. The summed E-state index contributed by atoms with van der Waals surface area (Å²) in [6, 6.07) is 13.1. The normalized spacial score (nSPS) is 10.8. The topological polar surface area (TPSA) is 132 Å². The molecule has 0 aliphatic heterocycles. The van der Waals surface area contributed by atoms with Crippen molar-refractivity contribution in [3.63, 3.8) is 0 Å². The predicted octanol–water partition coefficient (Wildman–Crippen LogP) is 2.77. The van der Waals surface area contributed by atoms with Gasteiger partial charge in [-0.2, -0.15) is 0 Å². The molecule has 0 atom stereocenters. The van der Waals surface area contributed by atoms with Crippen LogP contribution in [0.5, 0.6) is 5.88 Å². The molecule has 1 heterocycles. The molecule has 0 fully saturated rings. The van der Waals surface area contributed by atoms with E-state index in [0.29, 0.717) is 18.3 Å². The van der Waals surface area contributed by atoms with Gasteiger partial charge in [-0.1, -0.05) is 30.3 Å². The molecule has 2 N–H and O–H groups in total. The molecular weight excluding hydrogens is 466 g/mol. The van der Waals surface area contributed by atoms with Gasteiger partial charge in [0.2, 0.25) is 11.8 Å². The number of alkyl carbamates (subject to hydrolysis) is 1. The Labute approximate surface area is 211 Å². The Kier molecular flexibility index (Phi) is 11.4. The Balaban J connectivity index is 1.80. The summed E-state index contributed by atoms with van der Waals surface area (Å²) in [4.78, 5) is 37.8. The molecule has 0 bridgehead atoms. The lowest BCUT2D eigenvalue weighted by Crippen LogP contribution is -2.43. The van der Waals surface area contributed by atoms with Gasteiger partial charge in [0.25, 0.3) is 0 Å². The highest BCUT2D eigenvalue weighted by Gasteiger charge is 2.19. The summed E-state index contributed by atoms with van der Waals surface area (Å²) < 4.78 is 15.8. The van der Waals surface area contributed by atoms with Crippen molar-refractivity contribution in [2.45, 2.75) is 46.3 Å². The monoisotopic (exact) mass is 501 g/mol. The van der Waals surface area contributed by atoms with E-state index < -0.39 is 17.7 Å². The summed E-state index contributed by atoms with van der Waals surface area (Å²) >= 11 is 0. The Hall–Kier alpha value is -3.89. The minimum absolute atomic E-state index is 0.0970. The molecule has 0 aliphatic rings. The minimum Gasteiger partial charge on any atom is -0.472 e. The molecule has 36 heavy (non-hydrogen) atoms. The van der Waals surface area contributed by atoms with Crippen molar-refractivity contribution in [2.24, 2.45) is 0 Å². The third-order valence-electron chi connectivity index (χ3n) is 4.54. The Morgan fingerprint density at radius 3 is 2.39 bits per heavy atom. The summed E-state index contributed by atoms with van der Waals surface area (Å²) in [5, 5.41) is 13.7. The van der Waals surface area contributed by atoms with Crippen LogP contribution in [-0.4, -0.2) is 71.5 Å². The molecule has 0 aliphatic carbocycles. The summed E-state index contributed by atoms with van der Waals surface area (Å²) in [5.74, 6) is 0.0716. The van der Waals surface area contributed by atoms with Crippen molar-refractivity contribution in [3.05, 3.63) is 48.0 Å². The number of carbonyl (C=O) groups is 3. The predicted molar refractivity (Wildman–Crippen MR) is 133 cm³/mol. The van der Waals surface area contributed by atoms with Gasteiger partial charge in [-0.25, -0.2) is 4.79 Å². The van der Waals surface area contributed by atoms with E-state index in [1.165, 1.54) is 4.90 Å². The van der Waals surface area contributed by atoms with E-state index >= 15 is 0 Å². The molecule has 0 unspecified atom stereocenters. The maximum atomic E-state index is 12.7. The van der Waals surface area contributed by atoms with Gasteiger partial charge < -0.3 is 29.7 Å². The highest BCUT2D eigenvalue weighted by molar-refractivity contribution is 5.82. The van der Waals surface area contributed by atoms with E-state index in [-0.39, 0.29) is 45.1 Å². The van der Waals surface area contributed by atoms with Gasteiger partial charge in [-0.15, -0.1) is 10.2 Å². The average molecular weight is 502 g/mol. The maximum absolute atomic E-state index is 12.7. The van der Waals surface area contributed by atoms with E-state index in [2.05, 4.69) is 20.8 Å². The second kappa shape index (κ2) is 14.5. The van der Waals surface area contributed by atoms with Crippen molar-refractivity contribution < 1.29 is 28.6 Å². The highest BCUT2D eigenvalue weighted by atomic mass is 16.6. The second-order valence-corrected chi connectivity index (χ2v) is 8.76. The third-order valence-corrected chi connectivity index (χ3v) is 4.54. The number of rotatable bonds is 13. The van der Waals surface area contributed by atoms with Gasteiger partial charge in [0.05, 0.1) is 6.61 Å². The summed E-state index contributed by atoms with van der Waals surface area (Å²) in [6.45, 7) is 7.87. The van der Waals surface area contributed by atoms with Crippen molar-refractivity contribution in [2.75, 3.05) is 38.1 Å². The number of amides is 2. The fraction of sp³-hybridized carbons (Fsp3) is 0.480. The van der Waals surface area contributed by atoms with E-state index in [9.17, 15) is 14.4 Å². The Morgan fingerprint density at radius 1 is 1.00 bits per heavy atom. The highest BCUT2D eigenvalue weighted by Crippen LogP contribution is 2.11. The first-order chi connectivity index (χ1) is 17.2. The van der Waals surface area contributed by atoms with E-state index in [0.717, 1.165) is 5.56 Å². The number of ether oxygens (including phenoxy) is 3. The first kappa shape index (κ1) is 28.3. The number of nitrogens with zero attached hydrogens (tertiary/aromatic N) is 3. The smallest absolute Gasteiger partial charge is 0.407 e. The number of anilines is 1. The molecule has 196 valence electrons. The van der Waals surface area contributed by atoms with E-state index in [4.69, 9.17) is 14.2 Å². The van der Waals surface area contributed by atoms with Crippen molar-refractivity contribution in [1.29, 1.82) is 0 Å². The molecule has 1 aromatic heterocycles. The van der Waals surface area contributed by atoms with Crippen molar-refractivity contribution >= 4 is 23.8 Å². The molecule has 2 aromatic rings. The summed E-state index contributed by atoms with van der Waals surface area (Å²) in [6.07, 6.45) is -0.498. The molecule has 0 radical (unpaired) electrons. The number of nitrogens with one attached hydrogen (secondary N) is 2. The van der Waals surface area contributed by atoms with Crippen LogP contribution in [0.2, 0.25) is 0 Å². The quantitative estimate of drug-likeness (QED) is 0.398. The van der Waals surface area contributed by atoms with Crippen molar-refractivity contribution in [1.82, 2.24) is 20.4 Å². The van der Waals surface area contributed by atoms with Gasteiger partial charge in [0.1, 0.15) is 24.6 Å². The molecule has 0 saturated carbocycles. The zero-order valence-corrected chi connectivity index (χ0v) is 21.3. The van der Waals surface area contributed by atoms with Gasteiger partial charge in [0.15, 0.2) is 0 Å². The SMILES string of the molecule is CCOC(=O)CN(CCNC(=O)OC(C)(C)C)C(=O)CCNc1ccc(OCc2ccccc2)nn1. The molecule has 0 saturated heterocycles. The van der Waals surface area contributed by atoms with Crippen LogP contribution in [0.15, 0.2) is 42.5 Å². The van der Waals surface area contributed by atoms with Crippen LogP contribution in [-0.2, 0) is 25.7 Å². The largest absolute Gasteiger partial charge is 0.472 e. The molecular formula is C25H35N5O6. The van der Waals surface area contributed by atoms with Gasteiger partial charge >= 0.3 is 12.1 Å². The lowest BCUT2D eigenvalue weighted by molar-refractivity contribution is -0.148. The Bertz CT molecular complexity index is 963. The van der Waals surface area contributed by atoms with Gasteiger partial charge in [0, 0.05) is 32.1 Å². The number of esters is 1. The van der Waals surface area contributed by atoms with Crippen LogP contribution in [0.25, 0.3) is 0 Å². The van der Waals surface area contributed by atoms with Crippen molar-refractivity contribution in [3.8, 4) is 5.88 Å². The maximum Gasteiger partial charge on any atom is 0.407 e. The summed E-state index contributed by atoms with van der Waals surface area (Å²) in [7, 11) is 0. The van der Waals surface area contributed by atoms with Gasteiger partial charge in [-0.05, 0) is 39.3 Å². The van der Waals surface area contributed by atoms with Crippen LogP contribution in [0.1, 0.15) is 39.7 Å².